The van der Waals surface area contributed by atoms with Gasteiger partial charge in [-0.1, -0.05) is 6.92 Å². The molecule has 0 unspecified atom stereocenters. The third-order valence-electron chi connectivity index (χ3n) is 1.26. The Balaban J connectivity index is 2.59. The molecule has 1 N–H and O–H groups in total. The summed E-state index contributed by atoms with van der Waals surface area (Å²) < 4.78 is 0. The van der Waals surface area contributed by atoms with Crippen molar-refractivity contribution in [3.8, 4) is 0 Å². The molecule has 1 rings (SSSR count). The van der Waals surface area contributed by atoms with Gasteiger partial charge < -0.3 is 5.11 Å². The first kappa shape index (κ1) is 7.69. The molecule has 2 nitrogen and oxygen atoms in total. The first-order chi connectivity index (χ1) is 4.86. The Morgan fingerprint density at radius 3 is 3.00 bits per heavy atom. The van der Waals surface area contributed by atoms with E-state index in [-0.39, 0.29) is 6.61 Å². The summed E-state index contributed by atoms with van der Waals surface area (Å²) >= 11 is 1.69. The van der Waals surface area contributed by atoms with Gasteiger partial charge >= 0.3 is 0 Å². The van der Waals surface area contributed by atoms with E-state index in [0.29, 0.717) is 0 Å². The molecule has 0 saturated heterocycles. The van der Waals surface area contributed by atoms with Crippen molar-refractivity contribution < 1.29 is 5.11 Å². The number of rotatable bonds is 3. The van der Waals surface area contributed by atoms with Crippen LogP contribution in [0.3, 0.4) is 0 Å². The van der Waals surface area contributed by atoms with E-state index in [1.165, 1.54) is 4.88 Å². The number of hydrogen-bond acceptors (Lipinski definition) is 3. The molecule has 0 aromatic carbocycles. The van der Waals surface area contributed by atoms with Gasteiger partial charge in [0.25, 0.3) is 0 Å². The van der Waals surface area contributed by atoms with Crippen molar-refractivity contribution in [3.05, 3.63) is 16.1 Å². The lowest BCUT2D eigenvalue weighted by atomic mass is 10.4. The van der Waals surface area contributed by atoms with Gasteiger partial charge in [0.15, 0.2) is 0 Å². The Morgan fingerprint density at radius 2 is 2.50 bits per heavy atom. The number of aryl methyl sites for hydroxylation is 1. The van der Waals surface area contributed by atoms with Crippen molar-refractivity contribution in [2.24, 2.45) is 0 Å². The molecule has 3 heteroatoms. The molecule has 0 aliphatic carbocycles. The van der Waals surface area contributed by atoms with Crippen molar-refractivity contribution >= 4 is 11.3 Å². The molecule has 0 aliphatic heterocycles. The normalized spacial score (nSPS) is 10.2. The van der Waals surface area contributed by atoms with E-state index in [9.17, 15) is 0 Å². The molecule has 1 aromatic rings. The highest BCUT2D eigenvalue weighted by Gasteiger charge is 1.97. The average molecular weight is 157 g/mol. The van der Waals surface area contributed by atoms with Crippen molar-refractivity contribution in [2.45, 2.75) is 19.8 Å². The lowest BCUT2D eigenvalue weighted by molar-refractivity contribution is 0.300. The topological polar surface area (TPSA) is 33.1 Å². The summed E-state index contributed by atoms with van der Waals surface area (Å²) in [5.74, 6) is 0. The van der Waals surface area contributed by atoms with E-state index in [1.807, 2.05) is 6.20 Å². The van der Waals surface area contributed by atoms with Crippen LogP contribution in [0.25, 0.3) is 0 Å². The molecule has 10 heavy (non-hydrogen) atoms. The lowest BCUT2D eigenvalue weighted by Gasteiger charge is -1.86. The van der Waals surface area contributed by atoms with Crippen molar-refractivity contribution in [1.29, 1.82) is 0 Å². The fourth-order valence-corrected chi connectivity index (χ4v) is 1.59. The maximum absolute atomic E-state index is 8.58. The Kier molecular flexibility index (Phi) is 2.83. The number of aromatic nitrogens is 1. The zero-order valence-electron chi connectivity index (χ0n) is 6.00. The second-order valence-electron chi connectivity index (χ2n) is 2.05. The van der Waals surface area contributed by atoms with Crippen LogP contribution < -0.4 is 0 Å². The van der Waals surface area contributed by atoms with E-state index >= 15 is 0 Å². The zero-order chi connectivity index (χ0) is 7.40. The predicted octanol–water partition coefficient (Wildman–Crippen LogP) is 1.24. The molecular formula is C7H11NOS. The molecule has 0 fully saturated rings. The Bertz CT molecular complexity index is 197. The minimum atomic E-state index is 0.228. The Labute approximate surface area is 64.5 Å². The highest BCUT2D eigenvalue weighted by atomic mass is 32.1. The van der Waals surface area contributed by atoms with Crippen molar-refractivity contribution in [3.63, 3.8) is 0 Å². The van der Waals surface area contributed by atoms with Crippen LogP contribution in [0.5, 0.6) is 0 Å². The van der Waals surface area contributed by atoms with Crippen molar-refractivity contribution in [2.75, 3.05) is 6.61 Å². The first-order valence-electron chi connectivity index (χ1n) is 3.41. The predicted molar refractivity (Wildman–Crippen MR) is 42.3 cm³/mol. The van der Waals surface area contributed by atoms with E-state index in [4.69, 9.17) is 5.11 Å². The van der Waals surface area contributed by atoms with Gasteiger partial charge in [-0.2, -0.15) is 0 Å². The van der Waals surface area contributed by atoms with Crippen LogP contribution in [-0.4, -0.2) is 16.7 Å². The van der Waals surface area contributed by atoms with Gasteiger partial charge in [0, 0.05) is 24.1 Å². The minimum Gasteiger partial charge on any atom is -0.396 e. The second-order valence-corrected chi connectivity index (χ2v) is 3.25. The summed E-state index contributed by atoms with van der Waals surface area (Å²) in [4.78, 5) is 5.34. The zero-order valence-corrected chi connectivity index (χ0v) is 6.82. The van der Waals surface area contributed by atoms with Crippen LogP contribution in [0.4, 0.5) is 0 Å². The first-order valence-corrected chi connectivity index (χ1v) is 4.23. The van der Waals surface area contributed by atoms with Crippen LogP contribution in [0, 0.1) is 0 Å². The van der Waals surface area contributed by atoms with Gasteiger partial charge in [0.1, 0.15) is 0 Å². The van der Waals surface area contributed by atoms with Gasteiger partial charge in [-0.3, -0.25) is 0 Å². The quantitative estimate of drug-likeness (QED) is 0.716. The van der Waals surface area contributed by atoms with E-state index < -0.39 is 0 Å². The van der Waals surface area contributed by atoms with Crippen LogP contribution in [0.15, 0.2) is 6.20 Å². The van der Waals surface area contributed by atoms with Gasteiger partial charge in [-0.25, -0.2) is 4.98 Å². The highest BCUT2D eigenvalue weighted by molar-refractivity contribution is 7.11. The molecule has 0 aliphatic rings. The average Bonchev–Trinajstić information content (AvgIpc) is 2.37. The largest absolute Gasteiger partial charge is 0.396 e. The minimum absolute atomic E-state index is 0.228. The Morgan fingerprint density at radius 1 is 1.70 bits per heavy atom. The summed E-state index contributed by atoms with van der Waals surface area (Å²) in [5.41, 5.74) is 0. The summed E-state index contributed by atoms with van der Waals surface area (Å²) in [7, 11) is 0. The summed E-state index contributed by atoms with van der Waals surface area (Å²) in [6.45, 7) is 2.31. The number of hydrogen-bond donors (Lipinski definition) is 1. The van der Waals surface area contributed by atoms with Crippen LogP contribution in [0.1, 0.15) is 16.8 Å². The standard InChI is InChI=1S/C7H11NOS/c1-2-7-8-5-6(10-7)3-4-9/h5,9H,2-4H2,1H3. The molecule has 0 saturated carbocycles. The van der Waals surface area contributed by atoms with Gasteiger partial charge in [0.05, 0.1) is 5.01 Å². The number of thiazole rings is 1. The highest BCUT2D eigenvalue weighted by Crippen LogP contribution is 2.12. The van der Waals surface area contributed by atoms with Crippen LogP contribution in [0.2, 0.25) is 0 Å². The van der Waals surface area contributed by atoms with Gasteiger partial charge in [-0.05, 0) is 6.42 Å². The van der Waals surface area contributed by atoms with Crippen molar-refractivity contribution in [1.82, 2.24) is 4.98 Å². The number of aliphatic hydroxyl groups is 1. The summed E-state index contributed by atoms with van der Waals surface area (Å²) in [5, 5.41) is 9.74. The molecule has 0 radical (unpaired) electrons. The smallest absolute Gasteiger partial charge is 0.0924 e. The molecular weight excluding hydrogens is 146 g/mol. The summed E-state index contributed by atoms with van der Waals surface area (Å²) in [6, 6.07) is 0. The molecule has 0 bridgehead atoms. The number of aliphatic hydroxyl groups excluding tert-OH is 1. The second kappa shape index (κ2) is 3.68. The monoisotopic (exact) mass is 157 g/mol. The van der Waals surface area contributed by atoms with Gasteiger partial charge in [0.2, 0.25) is 0 Å². The summed E-state index contributed by atoms with van der Waals surface area (Å²) in [6.07, 6.45) is 3.59. The van der Waals surface area contributed by atoms with Gasteiger partial charge in [-0.15, -0.1) is 11.3 Å². The van der Waals surface area contributed by atoms with Crippen LogP contribution in [-0.2, 0) is 12.8 Å². The molecule has 0 spiro atoms. The molecule has 0 atom stereocenters. The maximum Gasteiger partial charge on any atom is 0.0924 e. The SMILES string of the molecule is CCc1ncc(CCO)s1. The number of nitrogens with zero attached hydrogens (tertiary/aromatic N) is 1. The molecule has 1 aromatic heterocycles. The lowest BCUT2D eigenvalue weighted by Crippen LogP contribution is -1.84. The fourth-order valence-electron chi connectivity index (χ4n) is 0.737. The molecule has 0 amide bonds. The third-order valence-corrected chi connectivity index (χ3v) is 2.46. The van der Waals surface area contributed by atoms with E-state index in [1.54, 1.807) is 11.3 Å². The fraction of sp³-hybridized carbons (Fsp3) is 0.571. The molecule has 1 heterocycles. The third kappa shape index (κ3) is 1.78. The van der Waals surface area contributed by atoms with E-state index in [2.05, 4.69) is 11.9 Å². The van der Waals surface area contributed by atoms with Crippen LogP contribution >= 0.6 is 11.3 Å². The van der Waals surface area contributed by atoms with E-state index in [0.717, 1.165) is 17.8 Å². The maximum atomic E-state index is 8.58. The molecule has 56 valence electrons. The Hall–Kier alpha value is -0.410.